The van der Waals surface area contributed by atoms with E-state index in [9.17, 15) is 13.6 Å². The van der Waals surface area contributed by atoms with E-state index in [1.807, 2.05) is 20.8 Å². The number of halogens is 2. The highest BCUT2D eigenvalue weighted by Crippen LogP contribution is 2.26. The molecule has 0 aromatic heterocycles. The molecule has 5 heteroatoms. The third-order valence-electron chi connectivity index (χ3n) is 2.74. The van der Waals surface area contributed by atoms with Crippen LogP contribution in [0.3, 0.4) is 0 Å². The minimum absolute atomic E-state index is 0.0614. The third-order valence-corrected chi connectivity index (χ3v) is 2.74. The number of carboxylic acids is 1. The summed E-state index contributed by atoms with van der Waals surface area (Å²) in [5.74, 6) is -2.25. The summed E-state index contributed by atoms with van der Waals surface area (Å²) < 4.78 is 28.1. The minimum atomic E-state index is -1.16. The van der Waals surface area contributed by atoms with E-state index in [0.29, 0.717) is 13.1 Å². The molecule has 0 radical (unpaired) electrons. The predicted octanol–water partition coefficient (Wildman–Crippen LogP) is 3.54. The molecule has 1 aromatic carbocycles. The fourth-order valence-corrected chi connectivity index (χ4v) is 1.97. The Morgan fingerprint density at radius 3 is 2.30 bits per heavy atom. The van der Waals surface area contributed by atoms with Crippen LogP contribution in [0.25, 0.3) is 6.08 Å². The van der Waals surface area contributed by atoms with Gasteiger partial charge in [-0.05, 0) is 36.6 Å². The Kier molecular flexibility index (Phi) is 5.67. The number of anilines is 1. The van der Waals surface area contributed by atoms with Crippen LogP contribution in [0.5, 0.6) is 0 Å². The normalized spacial score (nSPS) is 11.3. The van der Waals surface area contributed by atoms with Gasteiger partial charge in [0.25, 0.3) is 0 Å². The topological polar surface area (TPSA) is 40.5 Å². The number of nitrogens with zero attached hydrogens (tertiary/aromatic N) is 1. The van der Waals surface area contributed by atoms with Crippen LogP contribution < -0.4 is 4.90 Å². The first kappa shape index (κ1) is 16.1. The average molecular weight is 283 g/mol. The lowest BCUT2D eigenvalue weighted by Gasteiger charge is -2.26. The second-order valence-corrected chi connectivity index (χ2v) is 4.94. The van der Waals surface area contributed by atoms with E-state index in [1.54, 1.807) is 4.90 Å². The fourth-order valence-electron chi connectivity index (χ4n) is 1.97. The zero-order valence-electron chi connectivity index (χ0n) is 11.9. The van der Waals surface area contributed by atoms with E-state index in [4.69, 9.17) is 5.11 Å². The summed E-state index contributed by atoms with van der Waals surface area (Å²) in [7, 11) is 0. The zero-order valence-corrected chi connectivity index (χ0v) is 11.9. The monoisotopic (exact) mass is 283 g/mol. The second-order valence-electron chi connectivity index (χ2n) is 4.94. The Morgan fingerprint density at radius 2 is 1.90 bits per heavy atom. The van der Waals surface area contributed by atoms with Crippen molar-refractivity contribution in [1.82, 2.24) is 0 Å². The number of carboxylic acid groups (broad SMARTS) is 1. The molecule has 0 amide bonds. The van der Waals surface area contributed by atoms with E-state index in [-0.39, 0.29) is 17.2 Å². The Balaban J connectivity index is 3.13. The Morgan fingerprint density at radius 1 is 1.35 bits per heavy atom. The van der Waals surface area contributed by atoms with Crippen molar-refractivity contribution < 1.29 is 18.7 Å². The van der Waals surface area contributed by atoms with Crippen LogP contribution >= 0.6 is 0 Å². The van der Waals surface area contributed by atoms with E-state index < -0.39 is 17.6 Å². The molecule has 0 saturated heterocycles. The highest BCUT2D eigenvalue weighted by atomic mass is 19.1. The van der Waals surface area contributed by atoms with Gasteiger partial charge < -0.3 is 10.0 Å². The first-order valence-electron chi connectivity index (χ1n) is 6.50. The van der Waals surface area contributed by atoms with Crippen molar-refractivity contribution in [3.05, 3.63) is 35.4 Å². The maximum absolute atomic E-state index is 14.1. The van der Waals surface area contributed by atoms with Crippen molar-refractivity contribution in [2.75, 3.05) is 18.0 Å². The largest absolute Gasteiger partial charge is 0.478 e. The lowest BCUT2D eigenvalue weighted by atomic mass is 10.1. The lowest BCUT2D eigenvalue weighted by Crippen LogP contribution is -2.29. The number of hydrogen-bond acceptors (Lipinski definition) is 2. The van der Waals surface area contributed by atoms with Crippen LogP contribution in [0.2, 0.25) is 0 Å². The van der Waals surface area contributed by atoms with Crippen molar-refractivity contribution in [1.29, 1.82) is 0 Å². The molecule has 1 rings (SSSR count). The molecule has 0 aliphatic heterocycles. The van der Waals surface area contributed by atoms with Gasteiger partial charge in [0.2, 0.25) is 0 Å². The number of benzene rings is 1. The summed E-state index contributed by atoms with van der Waals surface area (Å²) >= 11 is 0. The molecular formula is C15H19F2NO2. The van der Waals surface area contributed by atoms with Crippen LogP contribution in [0, 0.1) is 17.6 Å². The van der Waals surface area contributed by atoms with Gasteiger partial charge >= 0.3 is 5.97 Å². The summed E-state index contributed by atoms with van der Waals surface area (Å²) in [6.45, 7) is 6.83. The van der Waals surface area contributed by atoms with Gasteiger partial charge in [-0.25, -0.2) is 13.6 Å². The quantitative estimate of drug-likeness (QED) is 0.812. The van der Waals surface area contributed by atoms with Crippen molar-refractivity contribution >= 4 is 17.7 Å². The smallest absolute Gasteiger partial charge is 0.328 e. The maximum atomic E-state index is 14.1. The molecule has 0 saturated carbocycles. The van der Waals surface area contributed by atoms with Gasteiger partial charge in [-0.3, -0.25) is 0 Å². The molecule has 110 valence electrons. The molecule has 20 heavy (non-hydrogen) atoms. The molecule has 1 aromatic rings. The van der Waals surface area contributed by atoms with E-state index in [2.05, 4.69) is 0 Å². The van der Waals surface area contributed by atoms with Crippen LogP contribution in [-0.2, 0) is 4.79 Å². The standard InChI is InChI=1S/C15H19F2NO2/c1-4-18(9-10(2)3)15-12(16)7-11(8-13(15)17)5-6-14(19)20/h5-8,10H,4,9H2,1-3H3,(H,19,20). The van der Waals surface area contributed by atoms with Gasteiger partial charge in [-0.1, -0.05) is 13.8 Å². The molecule has 0 aliphatic carbocycles. The summed E-state index contributed by atoms with van der Waals surface area (Å²) in [5.41, 5.74) is 0.125. The molecule has 0 heterocycles. The van der Waals surface area contributed by atoms with Crippen LogP contribution in [-0.4, -0.2) is 24.2 Å². The van der Waals surface area contributed by atoms with E-state index in [1.165, 1.54) is 0 Å². The first-order valence-corrected chi connectivity index (χ1v) is 6.50. The van der Waals surface area contributed by atoms with Crippen molar-refractivity contribution in [2.24, 2.45) is 5.92 Å². The van der Waals surface area contributed by atoms with Gasteiger partial charge in [-0.2, -0.15) is 0 Å². The van der Waals surface area contributed by atoms with Gasteiger partial charge in [0.05, 0.1) is 0 Å². The van der Waals surface area contributed by atoms with Crippen LogP contribution in [0.15, 0.2) is 18.2 Å². The zero-order chi connectivity index (χ0) is 15.3. The summed E-state index contributed by atoms with van der Waals surface area (Å²) in [4.78, 5) is 12.0. The van der Waals surface area contributed by atoms with Gasteiger partial charge in [0.1, 0.15) is 17.3 Å². The molecule has 0 atom stereocenters. The second kappa shape index (κ2) is 7.03. The van der Waals surface area contributed by atoms with Crippen molar-refractivity contribution in [2.45, 2.75) is 20.8 Å². The van der Waals surface area contributed by atoms with Crippen LogP contribution in [0.4, 0.5) is 14.5 Å². The lowest BCUT2D eigenvalue weighted by molar-refractivity contribution is -0.131. The van der Waals surface area contributed by atoms with E-state index in [0.717, 1.165) is 24.3 Å². The number of rotatable bonds is 6. The summed E-state index contributed by atoms with van der Waals surface area (Å²) in [5, 5.41) is 8.51. The highest BCUT2D eigenvalue weighted by molar-refractivity contribution is 5.85. The number of aliphatic carboxylic acids is 1. The third kappa shape index (κ3) is 4.33. The Labute approximate surface area is 117 Å². The Hall–Kier alpha value is -1.91. The van der Waals surface area contributed by atoms with E-state index >= 15 is 0 Å². The van der Waals surface area contributed by atoms with Crippen molar-refractivity contribution in [3.63, 3.8) is 0 Å². The molecule has 0 unspecified atom stereocenters. The SMILES string of the molecule is CCN(CC(C)C)c1c(F)cc(C=CC(=O)O)cc1F. The molecular weight excluding hydrogens is 264 g/mol. The Bertz CT molecular complexity index is 490. The maximum Gasteiger partial charge on any atom is 0.328 e. The number of hydrogen-bond donors (Lipinski definition) is 1. The van der Waals surface area contributed by atoms with Crippen LogP contribution in [0.1, 0.15) is 26.3 Å². The molecule has 0 spiro atoms. The number of carbonyl (C=O) groups is 1. The average Bonchev–Trinajstić information content (AvgIpc) is 2.33. The first-order chi connectivity index (χ1) is 9.35. The fraction of sp³-hybridized carbons (Fsp3) is 0.400. The molecule has 0 aliphatic rings. The molecule has 0 fully saturated rings. The van der Waals surface area contributed by atoms with Gasteiger partial charge in [0, 0.05) is 19.2 Å². The minimum Gasteiger partial charge on any atom is -0.478 e. The molecule has 1 N–H and O–H groups in total. The van der Waals surface area contributed by atoms with Crippen molar-refractivity contribution in [3.8, 4) is 0 Å². The van der Waals surface area contributed by atoms with Gasteiger partial charge in [-0.15, -0.1) is 0 Å². The highest BCUT2D eigenvalue weighted by Gasteiger charge is 2.17. The predicted molar refractivity (Wildman–Crippen MR) is 75.8 cm³/mol. The molecule has 0 bridgehead atoms. The van der Waals surface area contributed by atoms with Gasteiger partial charge in [0.15, 0.2) is 0 Å². The summed E-state index contributed by atoms with van der Waals surface area (Å²) in [6.07, 6.45) is 2.01. The molecule has 3 nitrogen and oxygen atoms in total. The summed E-state index contributed by atoms with van der Waals surface area (Å²) in [6, 6.07) is 2.28.